The van der Waals surface area contributed by atoms with Gasteiger partial charge in [0.05, 0.1) is 29.5 Å². The van der Waals surface area contributed by atoms with Crippen molar-refractivity contribution < 1.29 is 9.53 Å². The number of ether oxygens (including phenoxy) is 1. The van der Waals surface area contributed by atoms with E-state index in [1.165, 1.54) is 11.3 Å². The Balaban J connectivity index is 1.42. The van der Waals surface area contributed by atoms with Gasteiger partial charge in [-0.15, -0.1) is 11.3 Å². The highest BCUT2D eigenvalue weighted by Gasteiger charge is 2.17. The Hall–Kier alpha value is -1.93. The highest BCUT2D eigenvalue weighted by atomic mass is 35.5. The summed E-state index contributed by atoms with van der Waals surface area (Å²) in [5, 5.41) is 9.31. The van der Waals surface area contributed by atoms with E-state index in [1.54, 1.807) is 0 Å². The third-order valence-electron chi connectivity index (χ3n) is 4.86. The summed E-state index contributed by atoms with van der Waals surface area (Å²) in [7, 11) is 0. The second-order valence-electron chi connectivity index (χ2n) is 6.87. The molecule has 1 aromatic carbocycles. The fourth-order valence-corrected chi connectivity index (χ4v) is 4.64. The number of halogens is 1. The van der Waals surface area contributed by atoms with Gasteiger partial charge in [0.1, 0.15) is 4.83 Å². The zero-order chi connectivity index (χ0) is 19.5. The van der Waals surface area contributed by atoms with Crippen LogP contribution in [0.3, 0.4) is 0 Å². The van der Waals surface area contributed by atoms with Gasteiger partial charge in [-0.05, 0) is 44.2 Å². The van der Waals surface area contributed by atoms with Crippen LogP contribution in [-0.2, 0) is 4.74 Å². The van der Waals surface area contributed by atoms with E-state index in [0.717, 1.165) is 60.9 Å². The van der Waals surface area contributed by atoms with Crippen LogP contribution in [0.2, 0.25) is 5.02 Å². The van der Waals surface area contributed by atoms with E-state index in [1.807, 2.05) is 41.9 Å². The molecule has 1 aliphatic heterocycles. The molecule has 0 aliphatic carbocycles. The smallest absolute Gasteiger partial charge is 0.261 e. The van der Waals surface area contributed by atoms with Gasteiger partial charge >= 0.3 is 0 Å². The molecular weight excluding hydrogens is 396 g/mol. The zero-order valence-corrected chi connectivity index (χ0v) is 17.4. The molecule has 1 fully saturated rings. The largest absolute Gasteiger partial charge is 0.379 e. The predicted molar refractivity (Wildman–Crippen MR) is 113 cm³/mol. The first kappa shape index (κ1) is 19.4. The quantitative estimate of drug-likeness (QED) is 0.622. The molecule has 0 radical (unpaired) electrons. The molecule has 8 heteroatoms. The van der Waals surface area contributed by atoms with Crippen LogP contribution in [0.4, 0.5) is 0 Å². The van der Waals surface area contributed by atoms with E-state index in [0.29, 0.717) is 16.4 Å². The van der Waals surface area contributed by atoms with Gasteiger partial charge in [0.15, 0.2) is 0 Å². The van der Waals surface area contributed by atoms with Crippen molar-refractivity contribution in [1.29, 1.82) is 0 Å². The maximum absolute atomic E-state index is 12.6. The number of carbonyl (C=O) groups excluding carboxylic acids is 1. The fourth-order valence-electron chi connectivity index (χ4n) is 3.36. The van der Waals surface area contributed by atoms with Crippen LogP contribution in [0.15, 0.2) is 30.3 Å². The maximum Gasteiger partial charge on any atom is 0.261 e. The van der Waals surface area contributed by atoms with Crippen molar-refractivity contribution in [1.82, 2.24) is 20.0 Å². The standard InChI is InChI=1S/C20H23ClN4O2S/c1-14-17-13-18(19(26)22-6-3-7-24-8-10-27-11-9-24)28-20(17)25(23-14)16-5-2-4-15(21)12-16/h2,4-5,12-13H,3,6-11H2,1H3,(H,22,26). The van der Waals surface area contributed by atoms with Crippen LogP contribution in [0.25, 0.3) is 15.9 Å². The average molecular weight is 419 g/mol. The van der Waals surface area contributed by atoms with Gasteiger partial charge in [0.2, 0.25) is 0 Å². The molecule has 1 saturated heterocycles. The minimum atomic E-state index is -0.0276. The molecule has 0 atom stereocenters. The lowest BCUT2D eigenvalue weighted by Crippen LogP contribution is -2.38. The van der Waals surface area contributed by atoms with Crippen LogP contribution in [0, 0.1) is 6.92 Å². The van der Waals surface area contributed by atoms with Crippen molar-refractivity contribution in [2.45, 2.75) is 13.3 Å². The Morgan fingerprint density at radius 2 is 2.14 bits per heavy atom. The van der Waals surface area contributed by atoms with E-state index in [9.17, 15) is 4.79 Å². The van der Waals surface area contributed by atoms with Crippen molar-refractivity contribution in [3.63, 3.8) is 0 Å². The Labute approximate surface area is 173 Å². The van der Waals surface area contributed by atoms with Crippen LogP contribution in [-0.4, -0.2) is 60.0 Å². The van der Waals surface area contributed by atoms with Crippen LogP contribution >= 0.6 is 22.9 Å². The monoisotopic (exact) mass is 418 g/mol. The fraction of sp³-hybridized carbons (Fsp3) is 0.400. The molecular formula is C20H23ClN4O2S. The van der Waals surface area contributed by atoms with Crippen molar-refractivity contribution in [3.8, 4) is 5.69 Å². The van der Waals surface area contributed by atoms with Gasteiger partial charge in [-0.2, -0.15) is 5.10 Å². The van der Waals surface area contributed by atoms with E-state index in [2.05, 4.69) is 15.3 Å². The van der Waals surface area contributed by atoms with Crippen molar-refractivity contribution in [2.75, 3.05) is 39.4 Å². The van der Waals surface area contributed by atoms with Gasteiger partial charge in [-0.1, -0.05) is 17.7 Å². The van der Waals surface area contributed by atoms with Gasteiger partial charge in [0, 0.05) is 30.0 Å². The summed E-state index contributed by atoms with van der Waals surface area (Å²) >= 11 is 7.58. The molecule has 0 bridgehead atoms. The number of morpholine rings is 1. The second kappa shape index (κ2) is 8.61. The molecule has 1 N–H and O–H groups in total. The normalized spacial score (nSPS) is 15.2. The average Bonchev–Trinajstić information content (AvgIpc) is 3.27. The highest BCUT2D eigenvalue weighted by Crippen LogP contribution is 2.30. The first-order valence-corrected chi connectivity index (χ1v) is 10.6. The summed E-state index contributed by atoms with van der Waals surface area (Å²) in [6.07, 6.45) is 0.936. The van der Waals surface area contributed by atoms with Crippen molar-refractivity contribution >= 4 is 39.1 Å². The van der Waals surface area contributed by atoms with Gasteiger partial charge < -0.3 is 10.1 Å². The lowest BCUT2D eigenvalue weighted by atomic mass is 10.3. The SMILES string of the molecule is Cc1nn(-c2cccc(Cl)c2)c2sc(C(=O)NCCCN3CCOCC3)cc12. The molecule has 28 heavy (non-hydrogen) atoms. The number of hydrogen-bond donors (Lipinski definition) is 1. The summed E-state index contributed by atoms with van der Waals surface area (Å²) in [6, 6.07) is 9.50. The first-order valence-electron chi connectivity index (χ1n) is 9.45. The van der Waals surface area contributed by atoms with Gasteiger partial charge in [-0.25, -0.2) is 4.68 Å². The Kier molecular flexibility index (Phi) is 5.96. The number of hydrogen-bond acceptors (Lipinski definition) is 5. The lowest BCUT2D eigenvalue weighted by molar-refractivity contribution is 0.0374. The van der Waals surface area contributed by atoms with Gasteiger partial charge in [0.25, 0.3) is 5.91 Å². The molecule has 1 aliphatic rings. The molecule has 3 heterocycles. The van der Waals surface area contributed by atoms with Crippen LogP contribution in [0.1, 0.15) is 21.8 Å². The van der Waals surface area contributed by atoms with E-state index in [-0.39, 0.29) is 5.91 Å². The number of thiophene rings is 1. The van der Waals surface area contributed by atoms with E-state index >= 15 is 0 Å². The minimum Gasteiger partial charge on any atom is -0.379 e. The summed E-state index contributed by atoms with van der Waals surface area (Å²) in [5.74, 6) is -0.0276. The summed E-state index contributed by atoms with van der Waals surface area (Å²) in [5.41, 5.74) is 1.79. The van der Waals surface area contributed by atoms with Crippen LogP contribution in [0.5, 0.6) is 0 Å². The molecule has 4 rings (SSSR count). The first-order chi connectivity index (χ1) is 13.6. The van der Waals surface area contributed by atoms with Crippen molar-refractivity contribution in [2.24, 2.45) is 0 Å². The lowest BCUT2D eigenvalue weighted by Gasteiger charge is -2.26. The highest BCUT2D eigenvalue weighted by molar-refractivity contribution is 7.20. The van der Waals surface area contributed by atoms with E-state index in [4.69, 9.17) is 16.3 Å². The number of fused-ring (bicyclic) bond motifs is 1. The zero-order valence-electron chi connectivity index (χ0n) is 15.8. The summed E-state index contributed by atoms with van der Waals surface area (Å²) in [4.78, 5) is 16.6. The number of benzene rings is 1. The molecule has 6 nitrogen and oxygen atoms in total. The summed E-state index contributed by atoms with van der Waals surface area (Å²) in [6.45, 7) is 7.17. The Bertz CT molecular complexity index is 978. The number of carbonyl (C=O) groups is 1. The number of aromatic nitrogens is 2. The topological polar surface area (TPSA) is 59.4 Å². The van der Waals surface area contributed by atoms with Crippen molar-refractivity contribution in [3.05, 3.63) is 45.9 Å². The Morgan fingerprint density at radius 3 is 2.93 bits per heavy atom. The van der Waals surface area contributed by atoms with Crippen LogP contribution < -0.4 is 5.32 Å². The Morgan fingerprint density at radius 1 is 1.32 bits per heavy atom. The number of nitrogens with one attached hydrogen (secondary N) is 1. The molecule has 1 amide bonds. The second-order valence-corrected chi connectivity index (χ2v) is 8.34. The number of nitrogens with zero attached hydrogens (tertiary/aromatic N) is 3. The molecule has 3 aromatic rings. The van der Waals surface area contributed by atoms with Gasteiger partial charge in [-0.3, -0.25) is 9.69 Å². The maximum atomic E-state index is 12.6. The summed E-state index contributed by atoms with van der Waals surface area (Å²) < 4.78 is 7.21. The molecule has 0 spiro atoms. The molecule has 0 saturated carbocycles. The third-order valence-corrected chi connectivity index (χ3v) is 6.21. The molecule has 148 valence electrons. The van der Waals surface area contributed by atoms with E-state index < -0.39 is 0 Å². The number of rotatable bonds is 6. The number of amides is 1. The third kappa shape index (κ3) is 4.22. The molecule has 2 aromatic heterocycles. The minimum absolute atomic E-state index is 0.0276. The predicted octanol–water partition coefficient (Wildman–Crippen LogP) is 3.50. The molecule has 0 unspecified atom stereocenters. The number of aryl methyl sites for hydroxylation is 1.